The van der Waals surface area contributed by atoms with Crippen LogP contribution in [0.15, 0.2) is 24.3 Å². The number of phenols is 1. The van der Waals surface area contributed by atoms with Gasteiger partial charge >= 0.3 is 5.97 Å². The molecule has 0 spiro atoms. The van der Waals surface area contributed by atoms with Crippen LogP contribution in [0.1, 0.15) is 88.8 Å². The lowest BCUT2D eigenvalue weighted by molar-refractivity contribution is -0.139. The lowest BCUT2D eigenvalue weighted by atomic mass is 9.80. The Morgan fingerprint density at radius 2 is 1.41 bits per heavy atom. The number of hydrogen-bond acceptors (Lipinski definition) is 5. The molecule has 2 aromatic carbocycles. The Hall–Kier alpha value is -2.64. The fourth-order valence-corrected chi connectivity index (χ4v) is 4.39. The van der Waals surface area contributed by atoms with Crippen molar-refractivity contribution in [3.05, 3.63) is 46.8 Å². The fraction of sp³-hybridized carbons (Fsp3) is 0.519. The SMILES string of the molecule is CC(C)c1c(O)c(C(C)C)c(C(C)C)c(OC[C@@H](O)C[C@@H](O)CC(=O)O)c1-c1ccc(F)cc1. The van der Waals surface area contributed by atoms with Crippen molar-refractivity contribution in [2.24, 2.45) is 0 Å². The molecule has 0 saturated heterocycles. The summed E-state index contributed by atoms with van der Waals surface area (Å²) in [5.74, 6) is -0.967. The van der Waals surface area contributed by atoms with E-state index in [2.05, 4.69) is 0 Å². The molecule has 0 saturated carbocycles. The normalized spacial score (nSPS) is 13.5. The summed E-state index contributed by atoms with van der Waals surface area (Å²) in [5.41, 5.74) is 3.55. The molecule has 0 radical (unpaired) electrons. The standard InChI is InChI=1S/C27H37FO6/c1-14(2)22-24(16(5)6)27(34-13-20(30)11-19(29)12-21(31)32)25(23(15(3)4)26(22)33)17-7-9-18(28)10-8-17/h7-10,14-16,19-20,29-30,33H,11-13H2,1-6H3,(H,31,32)/t19-,20+/m1/s1. The molecule has 6 nitrogen and oxygen atoms in total. The van der Waals surface area contributed by atoms with Crippen LogP contribution in [0.4, 0.5) is 4.39 Å². The van der Waals surface area contributed by atoms with Crippen molar-refractivity contribution in [2.75, 3.05) is 6.61 Å². The number of carboxylic acids is 1. The first-order valence-electron chi connectivity index (χ1n) is 11.7. The van der Waals surface area contributed by atoms with Crippen molar-refractivity contribution >= 4 is 5.97 Å². The Morgan fingerprint density at radius 3 is 1.88 bits per heavy atom. The second-order valence-electron chi connectivity index (χ2n) is 9.72. The lowest BCUT2D eigenvalue weighted by Gasteiger charge is -2.29. The first kappa shape index (κ1) is 27.6. The first-order valence-corrected chi connectivity index (χ1v) is 11.7. The Bertz CT molecular complexity index is 982. The third-order valence-corrected chi connectivity index (χ3v) is 5.78. The van der Waals surface area contributed by atoms with E-state index in [1.54, 1.807) is 12.1 Å². The zero-order valence-corrected chi connectivity index (χ0v) is 20.8. The number of hydrogen-bond donors (Lipinski definition) is 4. The van der Waals surface area contributed by atoms with Gasteiger partial charge in [-0.1, -0.05) is 53.7 Å². The minimum absolute atomic E-state index is 0.0122. The third-order valence-electron chi connectivity index (χ3n) is 5.78. The molecule has 0 aliphatic carbocycles. The minimum atomic E-state index is -1.20. The van der Waals surface area contributed by atoms with Crippen molar-refractivity contribution in [2.45, 2.75) is 84.3 Å². The highest BCUT2D eigenvalue weighted by atomic mass is 19.1. The summed E-state index contributed by atoms with van der Waals surface area (Å²) in [6.45, 7) is 11.7. The van der Waals surface area contributed by atoms with E-state index in [-0.39, 0.29) is 42.3 Å². The highest BCUT2D eigenvalue weighted by Crippen LogP contribution is 2.51. The van der Waals surface area contributed by atoms with Gasteiger partial charge in [-0.15, -0.1) is 0 Å². The molecule has 0 fully saturated rings. The molecule has 0 aliphatic heterocycles. The number of phenolic OH excluding ortho intramolecular Hbond substituents is 1. The molecule has 7 heteroatoms. The largest absolute Gasteiger partial charge is 0.507 e. The highest BCUT2D eigenvalue weighted by Gasteiger charge is 2.30. The highest BCUT2D eigenvalue weighted by molar-refractivity contribution is 5.81. The van der Waals surface area contributed by atoms with Crippen LogP contribution in [0, 0.1) is 5.82 Å². The zero-order chi connectivity index (χ0) is 25.7. The van der Waals surface area contributed by atoms with E-state index in [1.807, 2.05) is 41.5 Å². The quantitative estimate of drug-likeness (QED) is 0.340. The van der Waals surface area contributed by atoms with E-state index in [4.69, 9.17) is 9.84 Å². The van der Waals surface area contributed by atoms with E-state index in [9.17, 15) is 24.5 Å². The molecule has 0 unspecified atom stereocenters. The van der Waals surface area contributed by atoms with Crippen LogP contribution in [-0.2, 0) is 4.79 Å². The van der Waals surface area contributed by atoms with Crippen LogP contribution in [0.5, 0.6) is 11.5 Å². The van der Waals surface area contributed by atoms with Crippen LogP contribution < -0.4 is 4.74 Å². The molecule has 2 atom stereocenters. The number of aliphatic hydroxyl groups excluding tert-OH is 2. The molecule has 188 valence electrons. The summed E-state index contributed by atoms with van der Waals surface area (Å²) < 4.78 is 19.9. The van der Waals surface area contributed by atoms with Crippen molar-refractivity contribution < 1.29 is 34.3 Å². The predicted molar refractivity (Wildman–Crippen MR) is 130 cm³/mol. The minimum Gasteiger partial charge on any atom is -0.507 e. The molecule has 0 aliphatic rings. The molecular formula is C27H37FO6. The van der Waals surface area contributed by atoms with Crippen molar-refractivity contribution in [1.29, 1.82) is 0 Å². The Morgan fingerprint density at radius 1 is 0.882 bits per heavy atom. The van der Waals surface area contributed by atoms with Crippen LogP contribution in [0.25, 0.3) is 11.1 Å². The maximum absolute atomic E-state index is 13.7. The van der Waals surface area contributed by atoms with Crippen LogP contribution >= 0.6 is 0 Å². The number of aliphatic hydroxyl groups is 2. The zero-order valence-electron chi connectivity index (χ0n) is 20.8. The molecule has 0 amide bonds. The number of benzene rings is 2. The summed E-state index contributed by atoms with van der Waals surface area (Å²) >= 11 is 0. The molecule has 2 rings (SSSR count). The predicted octanol–water partition coefficient (Wildman–Crippen LogP) is 5.53. The average molecular weight is 477 g/mol. The third kappa shape index (κ3) is 6.48. The molecule has 34 heavy (non-hydrogen) atoms. The summed E-state index contributed by atoms with van der Waals surface area (Å²) in [6, 6.07) is 5.97. The average Bonchev–Trinajstić information content (AvgIpc) is 2.71. The molecule has 4 N–H and O–H groups in total. The van der Waals surface area contributed by atoms with E-state index >= 15 is 0 Å². The molecule has 0 aromatic heterocycles. The van der Waals surface area contributed by atoms with Gasteiger partial charge in [0.1, 0.15) is 23.9 Å². The first-order chi connectivity index (χ1) is 15.8. The van der Waals surface area contributed by atoms with E-state index in [1.165, 1.54) is 12.1 Å². The van der Waals surface area contributed by atoms with Gasteiger partial charge in [-0.25, -0.2) is 4.39 Å². The second kappa shape index (κ2) is 11.7. The topological polar surface area (TPSA) is 107 Å². The second-order valence-corrected chi connectivity index (χ2v) is 9.72. The number of rotatable bonds is 11. The van der Waals surface area contributed by atoms with E-state index < -0.39 is 24.6 Å². The van der Waals surface area contributed by atoms with Gasteiger partial charge in [-0.2, -0.15) is 0 Å². The number of aliphatic carboxylic acids is 1. The smallest absolute Gasteiger partial charge is 0.305 e. The van der Waals surface area contributed by atoms with Crippen molar-refractivity contribution in [3.8, 4) is 22.6 Å². The molecule has 0 heterocycles. The lowest BCUT2D eigenvalue weighted by Crippen LogP contribution is -2.26. The summed E-state index contributed by atoms with van der Waals surface area (Å²) in [6.07, 6.45) is -2.92. The van der Waals surface area contributed by atoms with Crippen molar-refractivity contribution in [3.63, 3.8) is 0 Å². The number of carbonyl (C=O) groups is 1. The Kier molecular flexibility index (Phi) is 9.47. The molecule has 0 bridgehead atoms. The van der Waals surface area contributed by atoms with Crippen LogP contribution in [0.3, 0.4) is 0 Å². The molecular weight excluding hydrogens is 439 g/mol. The molecule has 2 aromatic rings. The Labute approximate surface area is 201 Å². The van der Waals surface area contributed by atoms with Gasteiger partial charge in [0.25, 0.3) is 0 Å². The number of aromatic hydroxyl groups is 1. The Balaban J connectivity index is 2.69. The summed E-state index contributed by atoms with van der Waals surface area (Å²) in [7, 11) is 0. The van der Waals surface area contributed by atoms with Gasteiger partial charge in [0.15, 0.2) is 0 Å². The van der Waals surface area contributed by atoms with Gasteiger partial charge in [0.2, 0.25) is 0 Å². The van der Waals surface area contributed by atoms with Gasteiger partial charge in [0, 0.05) is 28.7 Å². The maximum atomic E-state index is 13.7. The number of ether oxygens (including phenoxy) is 1. The fourth-order valence-electron chi connectivity index (χ4n) is 4.39. The van der Waals surface area contributed by atoms with Gasteiger partial charge in [-0.3, -0.25) is 4.79 Å². The summed E-state index contributed by atoms with van der Waals surface area (Å²) in [5, 5.41) is 40.6. The maximum Gasteiger partial charge on any atom is 0.305 e. The van der Waals surface area contributed by atoms with E-state index in [0.717, 1.165) is 11.1 Å². The van der Waals surface area contributed by atoms with E-state index in [0.29, 0.717) is 22.4 Å². The van der Waals surface area contributed by atoms with Gasteiger partial charge in [0.05, 0.1) is 18.6 Å². The van der Waals surface area contributed by atoms with Gasteiger partial charge < -0.3 is 25.2 Å². The monoisotopic (exact) mass is 476 g/mol. The van der Waals surface area contributed by atoms with Crippen molar-refractivity contribution in [1.82, 2.24) is 0 Å². The van der Waals surface area contributed by atoms with Crippen LogP contribution in [0.2, 0.25) is 0 Å². The summed E-state index contributed by atoms with van der Waals surface area (Å²) in [4.78, 5) is 10.8. The number of carboxylic acid groups (broad SMARTS) is 1. The van der Waals surface area contributed by atoms with Crippen LogP contribution in [-0.4, -0.2) is 45.2 Å². The number of halogens is 1. The van der Waals surface area contributed by atoms with Gasteiger partial charge in [-0.05, 0) is 35.4 Å².